The first-order chi connectivity index (χ1) is 8.27. The third-order valence-corrected chi connectivity index (χ3v) is 2.49. The second kappa shape index (κ2) is 5.42. The van der Waals surface area contributed by atoms with Crippen LogP contribution in [0.4, 0.5) is 13.2 Å². The summed E-state index contributed by atoms with van der Waals surface area (Å²) >= 11 is 0. The zero-order valence-corrected chi connectivity index (χ0v) is 10.5. The number of alkyl halides is 3. The van der Waals surface area contributed by atoms with Crippen LogP contribution in [0.2, 0.25) is 0 Å². The van der Waals surface area contributed by atoms with Crippen molar-refractivity contribution in [1.82, 2.24) is 0 Å². The van der Waals surface area contributed by atoms with E-state index in [1.807, 2.05) is 6.92 Å². The molecule has 0 bridgehead atoms. The van der Waals surface area contributed by atoms with Crippen molar-refractivity contribution in [2.24, 2.45) is 0 Å². The van der Waals surface area contributed by atoms with Crippen molar-refractivity contribution in [3.05, 3.63) is 28.8 Å². The molecule has 0 amide bonds. The number of hydrogen-bond donors (Lipinski definition) is 0. The molecule has 0 spiro atoms. The van der Waals surface area contributed by atoms with E-state index >= 15 is 0 Å². The van der Waals surface area contributed by atoms with Gasteiger partial charge in [-0.25, -0.2) is 0 Å². The standard InChI is InChI=1S/C13H15F3O2/c1-4-5-18-11-7-8(2)10(6-9(11)3)12(17)13(14,15)16/h6-7H,4-5H2,1-3H3. The van der Waals surface area contributed by atoms with Gasteiger partial charge in [0.05, 0.1) is 6.61 Å². The van der Waals surface area contributed by atoms with Crippen LogP contribution in [0.15, 0.2) is 12.1 Å². The zero-order chi connectivity index (χ0) is 13.9. The monoisotopic (exact) mass is 260 g/mol. The van der Waals surface area contributed by atoms with Gasteiger partial charge in [-0.1, -0.05) is 6.92 Å². The Morgan fingerprint density at radius 1 is 1.22 bits per heavy atom. The molecule has 0 radical (unpaired) electrons. The SMILES string of the molecule is CCCOc1cc(C)c(C(=O)C(F)(F)F)cc1C. The normalized spacial score (nSPS) is 11.4. The molecule has 0 N–H and O–H groups in total. The van der Waals surface area contributed by atoms with E-state index < -0.39 is 12.0 Å². The smallest absolute Gasteiger partial charge is 0.454 e. The molecule has 0 atom stereocenters. The van der Waals surface area contributed by atoms with Crippen LogP contribution in [0.25, 0.3) is 0 Å². The molecule has 0 saturated heterocycles. The molecule has 2 nitrogen and oxygen atoms in total. The quantitative estimate of drug-likeness (QED) is 0.769. The van der Waals surface area contributed by atoms with Gasteiger partial charge in [0.15, 0.2) is 0 Å². The number of carbonyl (C=O) groups is 1. The van der Waals surface area contributed by atoms with Crippen molar-refractivity contribution in [3.8, 4) is 5.75 Å². The summed E-state index contributed by atoms with van der Waals surface area (Å²) in [6, 6.07) is 2.71. The Hall–Kier alpha value is -1.52. The lowest BCUT2D eigenvalue weighted by atomic mass is 10.0. The number of hydrogen-bond acceptors (Lipinski definition) is 2. The van der Waals surface area contributed by atoms with E-state index in [1.165, 1.54) is 19.1 Å². The topological polar surface area (TPSA) is 26.3 Å². The zero-order valence-electron chi connectivity index (χ0n) is 10.5. The highest BCUT2D eigenvalue weighted by Gasteiger charge is 2.40. The van der Waals surface area contributed by atoms with Gasteiger partial charge in [0.2, 0.25) is 0 Å². The van der Waals surface area contributed by atoms with E-state index in [-0.39, 0.29) is 11.1 Å². The second-order valence-corrected chi connectivity index (χ2v) is 4.11. The van der Waals surface area contributed by atoms with Crippen LogP contribution in [0.5, 0.6) is 5.75 Å². The molecule has 5 heteroatoms. The maximum absolute atomic E-state index is 12.4. The number of carbonyl (C=O) groups excluding carboxylic acids is 1. The average molecular weight is 260 g/mol. The molecule has 1 aromatic rings. The first-order valence-corrected chi connectivity index (χ1v) is 5.63. The van der Waals surface area contributed by atoms with E-state index in [9.17, 15) is 18.0 Å². The summed E-state index contributed by atoms with van der Waals surface area (Å²) in [6.45, 7) is 5.52. The fourth-order valence-electron chi connectivity index (χ4n) is 1.55. The number of halogens is 3. The van der Waals surface area contributed by atoms with Gasteiger partial charge in [0.1, 0.15) is 5.75 Å². The molecular formula is C13H15F3O2. The van der Waals surface area contributed by atoms with Gasteiger partial charge in [0, 0.05) is 5.56 Å². The van der Waals surface area contributed by atoms with Crippen LogP contribution in [0.1, 0.15) is 34.8 Å². The van der Waals surface area contributed by atoms with Crippen molar-refractivity contribution >= 4 is 5.78 Å². The van der Waals surface area contributed by atoms with Crippen LogP contribution < -0.4 is 4.74 Å². The Bertz CT molecular complexity index is 450. The molecule has 0 unspecified atom stereocenters. The summed E-state index contributed by atoms with van der Waals surface area (Å²) in [4.78, 5) is 11.2. The molecule has 0 fully saturated rings. The molecule has 0 aliphatic carbocycles. The van der Waals surface area contributed by atoms with E-state index in [0.29, 0.717) is 17.9 Å². The van der Waals surface area contributed by atoms with Crippen molar-refractivity contribution in [3.63, 3.8) is 0 Å². The van der Waals surface area contributed by atoms with Crippen molar-refractivity contribution in [1.29, 1.82) is 0 Å². The summed E-state index contributed by atoms with van der Waals surface area (Å²) in [5.74, 6) is -1.29. The van der Waals surface area contributed by atoms with E-state index in [2.05, 4.69) is 0 Å². The van der Waals surface area contributed by atoms with Crippen LogP contribution >= 0.6 is 0 Å². The van der Waals surface area contributed by atoms with Gasteiger partial charge in [0.25, 0.3) is 5.78 Å². The van der Waals surface area contributed by atoms with Crippen molar-refractivity contribution in [2.75, 3.05) is 6.61 Å². The Morgan fingerprint density at radius 2 is 1.83 bits per heavy atom. The first kappa shape index (κ1) is 14.5. The number of aryl methyl sites for hydroxylation is 2. The molecule has 0 aromatic heterocycles. The second-order valence-electron chi connectivity index (χ2n) is 4.11. The van der Waals surface area contributed by atoms with Gasteiger partial charge in [-0.3, -0.25) is 4.79 Å². The van der Waals surface area contributed by atoms with E-state index in [1.54, 1.807) is 6.92 Å². The molecule has 1 rings (SSSR count). The predicted molar refractivity (Wildman–Crippen MR) is 62.1 cm³/mol. The van der Waals surface area contributed by atoms with Crippen LogP contribution in [-0.2, 0) is 0 Å². The largest absolute Gasteiger partial charge is 0.493 e. The highest BCUT2D eigenvalue weighted by Crippen LogP contribution is 2.28. The maximum Gasteiger partial charge on any atom is 0.454 e. The molecule has 100 valence electrons. The molecule has 1 aromatic carbocycles. The lowest BCUT2D eigenvalue weighted by Gasteiger charge is -2.13. The number of rotatable bonds is 4. The summed E-state index contributed by atoms with van der Waals surface area (Å²) < 4.78 is 42.5. The van der Waals surface area contributed by atoms with Crippen LogP contribution in [-0.4, -0.2) is 18.6 Å². The Balaban J connectivity index is 3.11. The summed E-state index contributed by atoms with van der Waals surface area (Å²) in [6.07, 6.45) is -4.04. The number of benzene rings is 1. The molecule has 18 heavy (non-hydrogen) atoms. The number of Topliss-reactive ketones (excluding diaryl/α,β-unsaturated/α-hetero) is 1. The fourth-order valence-corrected chi connectivity index (χ4v) is 1.55. The predicted octanol–water partition coefficient (Wildman–Crippen LogP) is 3.84. The Kier molecular flexibility index (Phi) is 4.38. The van der Waals surface area contributed by atoms with Crippen molar-refractivity contribution < 1.29 is 22.7 Å². The van der Waals surface area contributed by atoms with E-state index in [0.717, 1.165) is 6.42 Å². The van der Waals surface area contributed by atoms with Crippen molar-refractivity contribution in [2.45, 2.75) is 33.4 Å². The lowest BCUT2D eigenvalue weighted by molar-refractivity contribution is -0.0885. The van der Waals surface area contributed by atoms with Gasteiger partial charge in [-0.15, -0.1) is 0 Å². The molecule has 0 aliphatic rings. The van der Waals surface area contributed by atoms with Gasteiger partial charge in [-0.2, -0.15) is 13.2 Å². The maximum atomic E-state index is 12.4. The minimum atomic E-state index is -4.84. The van der Waals surface area contributed by atoms with Gasteiger partial charge >= 0.3 is 6.18 Å². The van der Waals surface area contributed by atoms with Crippen LogP contribution in [0.3, 0.4) is 0 Å². The number of ether oxygens (including phenoxy) is 1. The fraction of sp³-hybridized carbons (Fsp3) is 0.462. The first-order valence-electron chi connectivity index (χ1n) is 5.63. The molecule has 0 aliphatic heterocycles. The minimum Gasteiger partial charge on any atom is -0.493 e. The summed E-state index contributed by atoms with van der Waals surface area (Å²) in [7, 11) is 0. The third kappa shape index (κ3) is 3.24. The highest BCUT2D eigenvalue weighted by atomic mass is 19.4. The molecule has 0 heterocycles. The minimum absolute atomic E-state index is 0.272. The van der Waals surface area contributed by atoms with Crippen LogP contribution in [0, 0.1) is 13.8 Å². The molecular weight excluding hydrogens is 245 g/mol. The Morgan fingerprint density at radius 3 is 2.33 bits per heavy atom. The van der Waals surface area contributed by atoms with Gasteiger partial charge in [-0.05, 0) is 43.5 Å². The summed E-state index contributed by atoms with van der Waals surface area (Å²) in [5.41, 5.74) is 0.486. The highest BCUT2D eigenvalue weighted by molar-refractivity contribution is 6.01. The summed E-state index contributed by atoms with van der Waals surface area (Å²) in [5, 5.41) is 0. The van der Waals surface area contributed by atoms with E-state index in [4.69, 9.17) is 4.74 Å². The average Bonchev–Trinajstić information content (AvgIpc) is 2.27. The Labute approximate surface area is 104 Å². The third-order valence-electron chi connectivity index (χ3n) is 2.49. The number of ketones is 1. The molecule has 0 saturated carbocycles. The van der Waals surface area contributed by atoms with Gasteiger partial charge < -0.3 is 4.74 Å². The lowest BCUT2D eigenvalue weighted by Crippen LogP contribution is -2.23.